The first-order chi connectivity index (χ1) is 9.28. The Bertz CT molecular complexity index is 569. The molecule has 1 atom stereocenters. The average molecular weight is 300 g/mol. The lowest BCUT2D eigenvalue weighted by Gasteiger charge is -2.17. The molecule has 0 radical (unpaired) electrons. The average Bonchev–Trinajstić information content (AvgIpc) is 2.44. The van der Waals surface area contributed by atoms with Gasteiger partial charge < -0.3 is 10.5 Å². The van der Waals surface area contributed by atoms with E-state index in [0.29, 0.717) is 0 Å². The van der Waals surface area contributed by atoms with E-state index in [4.69, 9.17) is 5.73 Å². The van der Waals surface area contributed by atoms with Crippen molar-refractivity contribution in [2.24, 2.45) is 5.73 Å². The van der Waals surface area contributed by atoms with Crippen LogP contribution in [0.2, 0.25) is 0 Å². The Morgan fingerprint density at radius 1 is 1.45 bits per heavy atom. The molecule has 6 nitrogen and oxygen atoms in total. The van der Waals surface area contributed by atoms with Crippen molar-refractivity contribution in [1.29, 1.82) is 0 Å². The molecule has 0 aromatic heterocycles. The van der Waals surface area contributed by atoms with Crippen molar-refractivity contribution in [2.75, 3.05) is 20.7 Å². The smallest absolute Gasteiger partial charge is 0.306 e. The van der Waals surface area contributed by atoms with Gasteiger partial charge in [0.05, 0.1) is 18.4 Å². The third-order valence-corrected chi connectivity index (χ3v) is 4.80. The molecular weight excluding hydrogens is 280 g/mol. The molecule has 0 spiro atoms. The van der Waals surface area contributed by atoms with E-state index in [9.17, 15) is 13.2 Å². The Balaban J connectivity index is 2.92. The fourth-order valence-corrected chi connectivity index (χ4v) is 2.84. The quantitative estimate of drug-likeness (QED) is 0.788. The van der Waals surface area contributed by atoms with Crippen LogP contribution >= 0.6 is 0 Å². The fraction of sp³-hybridized carbons (Fsp3) is 0.462. The molecule has 0 aliphatic rings. The number of esters is 1. The van der Waals surface area contributed by atoms with Crippen LogP contribution in [0.25, 0.3) is 0 Å². The van der Waals surface area contributed by atoms with Crippen LogP contribution in [0.4, 0.5) is 0 Å². The molecule has 0 fully saturated rings. The molecule has 0 aliphatic heterocycles. The number of hydrogen-bond acceptors (Lipinski definition) is 5. The van der Waals surface area contributed by atoms with Crippen LogP contribution in [0.5, 0.6) is 0 Å². The Hall–Kier alpha value is -1.44. The maximum absolute atomic E-state index is 12.3. The summed E-state index contributed by atoms with van der Waals surface area (Å²) in [4.78, 5) is 11.2. The van der Waals surface area contributed by atoms with Gasteiger partial charge in [-0.3, -0.25) is 4.79 Å². The van der Waals surface area contributed by atoms with Gasteiger partial charge in [-0.25, -0.2) is 12.7 Å². The summed E-state index contributed by atoms with van der Waals surface area (Å²) in [5, 5.41) is 0. The summed E-state index contributed by atoms with van der Waals surface area (Å²) in [5.41, 5.74) is 6.49. The van der Waals surface area contributed by atoms with Gasteiger partial charge in [0.25, 0.3) is 0 Å². The number of benzene rings is 1. The molecule has 1 rings (SSSR count). The largest absolute Gasteiger partial charge is 0.469 e. The second-order valence-electron chi connectivity index (χ2n) is 4.51. The number of hydrogen-bond donors (Lipinski definition) is 1. The molecule has 0 bridgehead atoms. The lowest BCUT2D eigenvalue weighted by molar-refractivity contribution is -0.140. The van der Waals surface area contributed by atoms with Crippen LogP contribution in [0.15, 0.2) is 29.2 Å². The highest BCUT2D eigenvalue weighted by atomic mass is 32.2. The molecular formula is C13H20N2O4S. The van der Waals surface area contributed by atoms with Crippen molar-refractivity contribution in [2.45, 2.75) is 24.3 Å². The monoisotopic (exact) mass is 300 g/mol. The zero-order valence-electron chi connectivity index (χ0n) is 11.9. The summed E-state index contributed by atoms with van der Waals surface area (Å²) < 4.78 is 30.3. The first kappa shape index (κ1) is 16.6. The first-order valence-electron chi connectivity index (χ1n) is 6.17. The fourth-order valence-electron chi connectivity index (χ4n) is 1.61. The number of rotatable bonds is 6. The standard InChI is InChI=1S/C13H20N2O4S/c1-10(14)11-5-4-6-12(9-11)20(17,18)15(2)8-7-13(16)19-3/h4-6,9-10H,7-8,14H2,1-3H3. The number of ether oxygens (including phenoxy) is 1. The number of methoxy groups -OCH3 is 1. The maximum Gasteiger partial charge on any atom is 0.306 e. The Kier molecular flexibility index (Phi) is 5.67. The minimum Gasteiger partial charge on any atom is -0.469 e. The molecule has 1 aromatic carbocycles. The van der Waals surface area contributed by atoms with E-state index >= 15 is 0 Å². The van der Waals surface area contributed by atoms with E-state index in [2.05, 4.69) is 4.74 Å². The van der Waals surface area contributed by atoms with Gasteiger partial charge in [0.15, 0.2) is 0 Å². The van der Waals surface area contributed by atoms with Crippen LogP contribution in [-0.4, -0.2) is 39.4 Å². The molecule has 1 aromatic rings. The molecule has 112 valence electrons. The molecule has 0 saturated carbocycles. The number of sulfonamides is 1. The van der Waals surface area contributed by atoms with E-state index in [1.807, 2.05) is 0 Å². The Morgan fingerprint density at radius 2 is 2.10 bits per heavy atom. The van der Waals surface area contributed by atoms with Gasteiger partial charge in [0, 0.05) is 19.6 Å². The van der Waals surface area contributed by atoms with Crippen molar-refractivity contribution in [3.05, 3.63) is 29.8 Å². The highest BCUT2D eigenvalue weighted by Crippen LogP contribution is 2.19. The van der Waals surface area contributed by atoms with Crippen molar-refractivity contribution >= 4 is 16.0 Å². The van der Waals surface area contributed by atoms with Crippen molar-refractivity contribution in [3.63, 3.8) is 0 Å². The molecule has 7 heteroatoms. The third kappa shape index (κ3) is 4.03. The molecule has 1 unspecified atom stereocenters. The van der Waals surface area contributed by atoms with E-state index in [1.54, 1.807) is 25.1 Å². The summed E-state index contributed by atoms with van der Waals surface area (Å²) in [7, 11) is -0.935. The van der Waals surface area contributed by atoms with E-state index in [-0.39, 0.29) is 23.9 Å². The lowest BCUT2D eigenvalue weighted by Crippen LogP contribution is -2.29. The molecule has 0 amide bonds. The molecule has 0 saturated heterocycles. The van der Waals surface area contributed by atoms with Crippen LogP contribution < -0.4 is 5.73 Å². The topological polar surface area (TPSA) is 89.7 Å². The van der Waals surface area contributed by atoms with E-state index < -0.39 is 16.0 Å². The van der Waals surface area contributed by atoms with E-state index in [1.165, 1.54) is 20.2 Å². The van der Waals surface area contributed by atoms with Crippen molar-refractivity contribution in [1.82, 2.24) is 4.31 Å². The first-order valence-corrected chi connectivity index (χ1v) is 7.61. The SMILES string of the molecule is COC(=O)CCN(C)S(=O)(=O)c1cccc(C(C)N)c1. The highest BCUT2D eigenvalue weighted by molar-refractivity contribution is 7.89. The predicted molar refractivity (Wildman–Crippen MR) is 75.5 cm³/mol. The highest BCUT2D eigenvalue weighted by Gasteiger charge is 2.22. The Labute approximate surface area is 119 Å². The van der Waals surface area contributed by atoms with Gasteiger partial charge in [-0.15, -0.1) is 0 Å². The normalized spacial score (nSPS) is 13.2. The number of carbonyl (C=O) groups excluding carboxylic acids is 1. The number of carbonyl (C=O) groups is 1. The Morgan fingerprint density at radius 3 is 2.65 bits per heavy atom. The van der Waals surface area contributed by atoms with Crippen LogP contribution in [0.1, 0.15) is 24.9 Å². The van der Waals surface area contributed by atoms with Gasteiger partial charge in [0.1, 0.15) is 0 Å². The van der Waals surface area contributed by atoms with Gasteiger partial charge in [-0.2, -0.15) is 0 Å². The van der Waals surface area contributed by atoms with Gasteiger partial charge in [0.2, 0.25) is 10.0 Å². The number of nitrogens with zero attached hydrogens (tertiary/aromatic N) is 1. The molecule has 2 N–H and O–H groups in total. The predicted octanol–water partition coefficient (Wildman–Crippen LogP) is 0.890. The third-order valence-electron chi connectivity index (χ3n) is 2.95. The summed E-state index contributed by atoms with van der Waals surface area (Å²) in [6.45, 7) is 1.85. The summed E-state index contributed by atoms with van der Waals surface area (Å²) in [6, 6.07) is 6.24. The van der Waals surface area contributed by atoms with E-state index in [0.717, 1.165) is 9.87 Å². The lowest BCUT2D eigenvalue weighted by atomic mass is 10.1. The van der Waals surface area contributed by atoms with Crippen molar-refractivity contribution < 1.29 is 17.9 Å². The van der Waals surface area contributed by atoms with Crippen LogP contribution in [0, 0.1) is 0 Å². The van der Waals surface area contributed by atoms with Gasteiger partial charge in [-0.1, -0.05) is 12.1 Å². The zero-order chi connectivity index (χ0) is 15.3. The molecule has 20 heavy (non-hydrogen) atoms. The summed E-state index contributed by atoms with van der Waals surface area (Å²) in [5.74, 6) is -0.448. The van der Waals surface area contributed by atoms with Gasteiger partial charge in [-0.05, 0) is 24.6 Å². The molecule has 0 heterocycles. The second kappa shape index (κ2) is 6.83. The van der Waals surface area contributed by atoms with Crippen LogP contribution in [0.3, 0.4) is 0 Å². The number of nitrogens with two attached hydrogens (primary N) is 1. The van der Waals surface area contributed by atoms with Crippen LogP contribution in [-0.2, 0) is 19.6 Å². The summed E-state index contributed by atoms with van der Waals surface area (Å²) in [6.07, 6.45) is 0.0131. The van der Waals surface area contributed by atoms with Crippen molar-refractivity contribution in [3.8, 4) is 0 Å². The summed E-state index contributed by atoms with van der Waals surface area (Å²) >= 11 is 0. The molecule has 0 aliphatic carbocycles. The zero-order valence-corrected chi connectivity index (χ0v) is 12.7. The second-order valence-corrected chi connectivity index (χ2v) is 6.56. The maximum atomic E-state index is 12.3. The minimum atomic E-state index is -3.63. The minimum absolute atomic E-state index is 0.0131. The van der Waals surface area contributed by atoms with Gasteiger partial charge >= 0.3 is 5.97 Å².